The summed E-state index contributed by atoms with van der Waals surface area (Å²) in [5.74, 6) is -0.782. The number of ether oxygens (including phenoxy) is 1. The highest BCUT2D eigenvalue weighted by Gasteiger charge is 2.24. The van der Waals surface area contributed by atoms with E-state index in [2.05, 4.69) is 20.7 Å². The van der Waals surface area contributed by atoms with Gasteiger partial charge in [0, 0.05) is 35.8 Å². The predicted octanol–water partition coefficient (Wildman–Crippen LogP) is 3.83. The number of anilines is 1. The fraction of sp³-hybridized carbons (Fsp3) is 0.240. The topological polar surface area (TPSA) is 135 Å². The molecule has 0 unspecified atom stereocenters. The monoisotopic (exact) mass is 525 g/mol. The summed E-state index contributed by atoms with van der Waals surface area (Å²) in [5.41, 5.74) is 3.48. The number of aromatic nitrogens is 3. The van der Waals surface area contributed by atoms with Crippen LogP contribution in [0.2, 0.25) is 0 Å². The Balaban J connectivity index is 1.52. The molecule has 10 nitrogen and oxygen atoms in total. The first-order valence-electron chi connectivity index (χ1n) is 11.6. The van der Waals surface area contributed by atoms with Crippen LogP contribution in [0.5, 0.6) is 11.6 Å². The number of rotatable bonds is 9. The standard InChI is InChI=1S/C25H24FN5O5S/c1-15-11-16(5-8-20(15)25(32)29-18-6-7-18)22-14-28-24-21(27-9-10-37(33,34)35)13-23(30-31(22)24)36-19-4-2-3-17(26)12-19/h2-5,8,11-14,18,27H,6-7,9-10H2,1H3,(H,29,32)(H,33,34,35). The number of nitrogens with zero attached hydrogens (tertiary/aromatic N) is 3. The quantitative estimate of drug-likeness (QED) is 0.281. The maximum absolute atomic E-state index is 13.7. The summed E-state index contributed by atoms with van der Waals surface area (Å²) in [6, 6.07) is 12.7. The molecule has 192 valence electrons. The zero-order valence-electron chi connectivity index (χ0n) is 19.8. The molecule has 12 heteroatoms. The number of halogens is 1. The SMILES string of the molecule is Cc1cc(-c2cnc3c(NCCS(=O)(=O)O)cc(Oc4cccc(F)c4)nn23)ccc1C(=O)NC1CC1. The van der Waals surface area contributed by atoms with E-state index in [1.54, 1.807) is 24.4 Å². The molecule has 1 fully saturated rings. The van der Waals surface area contributed by atoms with E-state index in [9.17, 15) is 17.6 Å². The number of carbonyl (C=O) groups excluding carboxylic acids is 1. The molecule has 37 heavy (non-hydrogen) atoms. The molecule has 0 aliphatic heterocycles. The van der Waals surface area contributed by atoms with Gasteiger partial charge in [-0.3, -0.25) is 9.35 Å². The Bertz CT molecular complexity index is 1600. The molecule has 2 aromatic heterocycles. The summed E-state index contributed by atoms with van der Waals surface area (Å²) in [6.07, 6.45) is 3.59. The van der Waals surface area contributed by atoms with E-state index in [0.717, 1.165) is 24.0 Å². The van der Waals surface area contributed by atoms with Crippen molar-refractivity contribution in [2.24, 2.45) is 0 Å². The second-order valence-electron chi connectivity index (χ2n) is 8.82. The number of carbonyl (C=O) groups is 1. The fourth-order valence-electron chi connectivity index (χ4n) is 3.86. The lowest BCUT2D eigenvalue weighted by Gasteiger charge is -2.12. The third-order valence-corrected chi connectivity index (χ3v) is 6.54. The Labute approximate surface area is 212 Å². The number of amides is 1. The molecule has 1 amide bonds. The average Bonchev–Trinajstić information content (AvgIpc) is 3.53. The second kappa shape index (κ2) is 9.79. The molecule has 3 N–H and O–H groups in total. The molecule has 0 atom stereocenters. The number of aryl methyl sites for hydroxylation is 1. The van der Waals surface area contributed by atoms with Gasteiger partial charge in [0.15, 0.2) is 5.65 Å². The van der Waals surface area contributed by atoms with Crippen molar-refractivity contribution in [2.75, 3.05) is 17.6 Å². The molecule has 2 aromatic carbocycles. The fourth-order valence-corrected chi connectivity index (χ4v) is 4.22. The van der Waals surface area contributed by atoms with Crippen LogP contribution < -0.4 is 15.4 Å². The zero-order valence-corrected chi connectivity index (χ0v) is 20.6. The Morgan fingerprint density at radius 3 is 2.73 bits per heavy atom. The van der Waals surface area contributed by atoms with Gasteiger partial charge >= 0.3 is 0 Å². The molecule has 4 aromatic rings. The number of hydrogen-bond donors (Lipinski definition) is 3. The summed E-state index contributed by atoms with van der Waals surface area (Å²) in [7, 11) is -4.18. The van der Waals surface area contributed by atoms with Gasteiger partial charge in [-0.05, 0) is 49.6 Å². The smallest absolute Gasteiger partial charge is 0.266 e. The number of benzene rings is 2. The average molecular weight is 526 g/mol. The van der Waals surface area contributed by atoms with Crippen LogP contribution in [0.25, 0.3) is 16.9 Å². The van der Waals surface area contributed by atoms with E-state index >= 15 is 0 Å². The van der Waals surface area contributed by atoms with Crippen molar-refractivity contribution in [2.45, 2.75) is 25.8 Å². The molecular formula is C25H24FN5O5S. The largest absolute Gasteiger partial charge is 0.437 e. The predicted molar refractivity (Wildman–Crippen MR) is 135 cm³/mol. The van der Waals surface area contributed by atoms with Crippen molar-refractivity contribution in [3.8, 4) is 22.9 Å². The minimum absolute atomic E-state index is 0.0932. The third-order valence-electron chi connectivity index (χ3n) is 5.82. The highest BCUT2D eigenvalue weighted by Crippen LogP contribution is 2.30. The second-order valence-corrected chi connectivity index (χ2v) is 10.4. The van der Waals surface area contributed by atoms with Crippen molar-refractivity contribution in [3.63, 3.8) is 0 Å². The molecular weight excluding hydrogens is 501 g/mol. The van der Waals surface area contributed by atoms with Crippen molar-refractivity contribution >= 4 is 27.4 Å². The van der Waals surface area contributed by atoms with Crippen molar-refractivity contribution < 1.29 is 26.9 Å². The lowest BCUT2D eigenvalue weighted by molar-refractivity contribution is 0.0950. The molecule has 0 radical (unpaired) electrons. The number of fused-ring (bicyclic) bond motifs is 1. The van der Waals surface area contributed by atoms with E-state index in [1.807, 2.05) is 13.0 Å². The van der Waals surface area contributed by atoms with Gasteiger partial charge in [0.05, 0.1) is 23.3 Å². The zero-order chi connectivity index (χ0) is 26.2. The molecule has 1 aliphatic carbocycles. The van der Waals surface area contributed by atoms with Gasteiger partial charge in [-0.15, -0.1) is 5.10 Å². The summed E-state index contributed by atoms with van der Waals surface area (Å²) >= 11 is 0. The molecule has 5 rings (SSSR count). The lowest BCUT2D eigenvalue weighted by Crippen LogP contribution is -2.26. The van der Waals surface area contributed by atoms with Crippen molar-refractivity contribution in [1.82, 2.24) is 19.9 Å². The first-order chi connectivity index (χ1) is 17.7. The highest BCUT2D eigenvalue weighted by atomic mass is 32.2. The lowest BCUT2D eigenvalue weighted by atomic mass is 10.0. The van der Waals surface area contributed by atoms with Gasteiger partial charge in [-0.1, -0.05) is 12.1 Å². The normalized spacial score (nSPS) is 13.5. The van der Waals surface area contributed by atoms with E-state index in [0.29, 0.717) is 22.6 Å². The van der Waals surface area contributed by atoms with Crippen molar-refractivity contribution in [3.05, 3.63) is 71.7 Å². The summed E-state index contributed by atoms with van der Waals surface area (Å²) < 4.78 is 52.4. The Hall–Kier alpha value is -4.03. The van der Waals surface area contributed by atoms with Crippen LogP contribution in [-0.2, 0) is 10.1 Å². The van der Waals surface area contributed by atoms with Crippen LogP contribution >= 0.6 is 0 Å². The Kier molecular flexibility index (Phi) is 6.52. The number of hydrogen-bond acceptors (Lipinski definition) is 7. The Morgan fingerprint density at radius 1 is 1.22 bits per heavy atom. The van der Waals surface area contributed by atoms with Crippen LogP contribution in [0.15, 0.2) is 54.7 Å². The van der Waals surface area contributed by atoms with Crippen molar-refractivity contribution in [1.29, 1.82) is 0 Å². The van der Waals surface area contributed by atoms with E-state index in [-0.39, 0.29) is 30.1 Å². The van der Waals surface area contributed by atoms with Gasteiger partial charge in [-0.25, -0.2) is 13.9 Å². The van der Waals surface area contributed by atoms with Gasteiger partial charge < -0.3 is 15.4 Å². The summed E-state index contributed by atoms with van der Waals surface area (Å²) in [6.45, 7) is 1.76. The van der Waals surface area contributed by atoms with Crippen LogP contribution in [0.4, 0.5) is 10.1 Å². The maximum atomic E-state index is 13.7. The van der Waals surface area contributed by atoms with Gasteiger partial charge in [0.25, 0.3) is 16.0 Å². The molecule has 0 spiro atoms. The number of nitrogens with one attached hydrogen (secondary N) is 2. The highest BCUT2D eigenvalue weighted by molar-refractivity contribution is 7.85. The van der Waals surface area contributed by atoms with E-state index in [1.165, 1.54) is 28.8 Å². The minimum atomic E-state index is -4.18. The van der Waals surface area contributed by atoms with Crippen LogP contribution in [0.3, 0.4) is 0 Å². The molecule has 0 bridgehead atoms. The molecule has 1 aliphatic rings. The first kappa shape index (κ1) is 24.7. The molecule has 2 heterocycles. The number of imidazole rings is 1. The van der Waals surface area contributed by atoms with E-state index < -0.39 is 21.7 Å². The molecule has 0 saturated heterocycles. The van der Waals surface area contributed by atoms with Gasteiger partial charge in [0.1, 0.15) is 11.6 Å². The van der Waals surface area contributed by atoms with Crippen LogP contribution in [0.1, 0.15) is 28.8 Å². The Morgan fingerprint density at radius 2 is 2.03 bits per heavy atom. The van der Waals surface area contributed by atoms with E-state index in [4.69, 9.17) is 9.29 Å². The first-order valence-corrected chi connectivity index (χ1v) is 13.2. The van der Waals surface area contributed by atoms with Gasteiger partial charge in [-0.2, -0.15) is 8.42 Å². The maximum Gasteiger partial charge on any atom is 0.266 e. The van der Waals surface area contributed by atoms with Crippen LogP contribution in [0, 0.1) is 12.7 Å². The summed E-state index contributed by atoms with van der Waals surface area (Å²) in [4.78, 5) is 17.0. The minimum Gasteiger partial charge on any atom is -0.437 e. The van der Waals surface area contributed by atoms with Crippen LogP contribution in [-0.4, -0.2) is 51.8 Å². The third kappa shape index (κ3) is 5.87. The summed E-state index contributed by atoms with van der Waals surface area (Å²) in [5, 5.41) is 10.4. The molecule has 1 saturated carbocycles. The van der Waals surface area contributed by atoms with Gasteiger partial charge in [0.2, 0.25) is 5.88 Å².